The molecule has 0 aliphatic rings. The summed E-state index contributed by atoms with van der Waals surface area (Å²) in [5.74, 6) is -0.439. The van der Waals surface area contributed by atoms with E-state index in [0.717, 1.165) is 5.56 Å². The summed E-state index contributed by atoms with van der Waals surface area (Å²) < 4.78 is 12.1. The minimum atomic E-state index is -1.42. The van der Waals surface area contributed by atoms with E-state index in [9.17, 15) is 19.1 Å². The first kappa shape index (κ1) is 15.1. The van der Waals surface area contributed by atoms with Gasteiger partial charge in [-0.05, 0) is 36.8 Å². The van der Waals surface area contributed by atoms with Crippen LogP contribution in [0, 0.1) is 17.0 Å². The Labute approximate surface area is 124 Å². The third-order valence-electron chi connectivity index (χ3n) is 2.91. The maximum Gasteiger partial charge on any atom is 0.269 e. The van der Waals surface area contributed by atoms with Crippen LogP contribution >= 0.6 is 0 Å². The average Bonchev–Trinajstić information content (AvgIpc) is 2.47. The fourth-order valence-electron chi connectivity index (χ4n) is 1.81. The molecular weight excluding hydrogens is 290 g/mol. The standard InChI is InChI=1S/C15H13NO4S/c1-11-3-2-4-14(9-11)21(20)10-15(17)12-5-7-13(8-6-12)16(18)19/h2-9H,10H2,1H3. The molecule has 0 heterocycles. The molecule has 0 bridgehead atoms. The van der Waals surface area contributed by atoms with E-state index in [1.54, 1.807) is 18.2 Å². The fourth-order valence-corrected chi connectivity index (χ4v) is 2.93. The molecule has 0 amide bonds. The molecule has 2 rings (SSSR count). The second kappa shape index (κ2) is 6.41. The number of benzene rings is 2. The lowest BCUT2D eigenvalue weighted by Crippen LogP contribution is -2.11. The van der Waals surface area contributed by atoms with Crippen molar-refractivity contribution in [2.24, 2.45) is 0 Å². The number of Topliss-reactive ketones (excluding diaryl/α,β-unsaturated/α-hetero) is 1. The van der Waals surface area contributed by atoms with Crippen LogP contribution in [0.15, 0.2) is 53.4 Å². The highest BCUT2D eigenvalue weighted by Gasteiger charge is 2.14. The highest BCUT2D eigenvalue weighted by atomic mass is 32.2. The molecule has 2 aromatic carbocycles. The monoisotopic (exact) mass is 303 g/mol. The minimum Gasteiger partial charge on any atom is -0.293 e. The Kier molecular flexibility index (Phi) is 4.59. The van der Waals surface area contributed by atoms with Crippen LogP contribution in [0.25, 0.3) is 0 Å². The molecule has 0 aliphatic carbocycles. The molecule has 0 spiro atoms. The molecule has 0 saturated heterocycles. The summed E-state index contributed by atoms with van der Waals surface area (Å²) in [6.07, 6.45) is 0. The van der Waals surface area contributed by atoms with Crippen molar-refractivity contribution in [1.29, 1.82) is 0 Å². The van der Waals surface area contributed by atoms with Crippen LogP contribution in [0.3, 0.4) is 0 Å². The van der Waals surface area contributed by atoms with E-state index in [4.69, 9.17) is 0 Å². The lowest BCUT2D eigenvalue weighted by atomic mass is 10.1. The van der Waals surface area contributed by atoms with E-state index in [0.29, 0.717) is 10.5 Å². The molecule has 108 valence electrons. The number of rotatable bonds is 5. The number of hydrogen-bond donors (Lipinski definition) is 0. The van der Waals surface area contributed by atoms with Gasteiger partial charge in [0.25, 0.3) is 5.69 Å². The number of nitrogens with zero attached hydrogens (tertiary/aromatic N) is 1. The predicted octanol–water partition coefficient (Wildman–Crippen LogP) is 2.89. The molecule has 5 nitrogen and oxygen atoms in total. The van der Waals surface area contributed by atoms with E-state index >= 15 is 0 Å². The van der Waals surface area contributed by atoms with Crippen LogP contribution < -0.4 is 0 Å². The third kappa shape index (κ3) is 3.82. The van der Waals surface area contributed by atoms with Crippen molar-refractivity contribution in [3.8, 4) is 0 Å². The van der Waals surface area contributed by atoms with Crippen LogP contribution in [-0.4, -0.2) is 20.7 Å². The predicted molar refractivity (Wildman–Crippen MR) is 79.9 cm³/mol. The lowest BCUT2D eigenvalue weighted by molar-refractivity contribution is -0.384. The average molecular weight is 303 g/mol. The lowest BCUT2D eigenvalue weighted by Gasteiger charge is -2.03. The number of ketones is 1. The van der Waals surface area contributed by atoms with Crippen molar-refractivity contribution in [2.45, 2.75) is 11.8 Å². The van der Waals surface area contributed by atoms with Crippen molar-refractivity contribution >= 4 is 22.3 Å². The topological polar surface area (TPSA) is 77.3 Å². The zero-order valence-corrected chi connectivity index (χ0v) is 12.1. The maximum absolute atomic E-state index is 12.1. The van der Waals surface area contributed by atoms with Crippen LogP contribution in [0.5, 0.6) is 0 Å². The molecule has 1 unspecified atom stereocenters. The van der Waals surface area contributed by atoms with Crippen molar-refractivity contribution in [2.75, 3.05) is 5.75 Å². The quantitative estimate of drug-likeness (QED) is 0.483. The maximum atomic E-state index is 12.1. The minimum absolute atomic E-state index is 0.0774. The summed E-state index contributed by atoms with van der Waals surface area (Å²) in [4.78, 5) is 22.7. The summed E-state index contributed by atoms with van der Waals surface area (Å²) in [5, 5.41) is 10.5. The first-order chi connectivity index (χ1) is 9.97. The SMILES string of the molecule is Cc1cccc(S(=O)CC(=O)c2ccc([N+](=O)[O-])cc2)c1. The Morgan fingerprint density at radius 2 is 1.86 bits per heavy atom. The first-order valence-corrected chi connectivity index (χ1v) is 7.52. The van der Waals surface area contributed by atoms with Crippen molar-refractivity contribution in [3.05, 3.63) is 69.8 Å². The Morgan fingerprint density at radius 1 is 1.19 bits per heavy atom. The summed E-state index contributed by atoms with van der Waals surface area (Å²) in [5.41, 5.74) is 1.22. The molecule has 1 atom stereocenters. The van der Waals surface area contributed by atoms with Gasteiger partial charge in [0.05, 0.1) is 21.5 Å². The Bertz CT molecular complexity index is 710. The number of non-ortho nitro benzene ring substituents is 1. The van der Waals surface area contributed by atoms with E-state index in [-0.39, 0.29) is 17.2 Å². The summed E-state index contributed by atoms with van der Waals surface area (Å²) in [7, 11) is -1.42. The molecule has 0 N–H and O–H groups in total. The van der Waals surface area contributed by atoms with Gasteiger partial charge in [0.15, 0.2) is 5.78 Å². The second-order valence-electron chi connectivity index (χ2n) is 4.53. The van der Waals surface area contributed by atoms with Gasteiger partial charge in [-0.15, -0.1) is 0 Å². The van der Waals surface area contributed by atoms with E-state index in [1.807, 2.05) is 13.0 Å². The molecule has 0 aromatic heterocycles. The van der Waals surface area contributed by atoms with Crippen LogP contribution in [0.1, 0.15) is 15.9 Å². The molecule has 21 heavy (non-hydrogen) atoms. The number of aryl methyl sites for hydroxylation is 1. The number of hydrogen-bond acceptors (Lipinski definition) is 4. The number of carbonyl (C=O) groups is 1. The number of nitro groups is 1. The van der Waals surface area contributed by atoms with Gasteiger partial charge >= 0.3 is 0 Å². The van der Waals surface area contributed by atoms with Crippen LogP contribution in [-0.2, 0) is 10.8 Å². The van der Waals surface area contributed by atoms with Crippen molar-refractivity contribution in [3.63, 3.8) is 0 Å². The van der Waals surface area contributed by atoms with Gasteiger partial charge in [-0.1, -0.05) is 12.1 Å². The van der Waals surface area contributed by atoms with Gasteiger partial charge in [-0.25, -0.2) is 0 Å². The molecule has 2 aromatic rings. The van der Waals surface area contributed by atoms with E-state index in [1.165, 1.54) is 24.3 Å². The summed E-state index contributed by atoms with van der Waals surface area (Å²) in [6, 6.07) is 12.5. The summed E-state index contributed by atoms with van der Waals surface area (Å²) >= 11 is 0. The van der Waals surface area contributed by atoms with Gasteiger partial charge in [-0.2, -0.15) is 0 Å². The highest BCUT2D eigenvalue weighted by molar-refractivity contribution is 7.85. The number of carbonyl (C=O) groups excluding carboxylic acids is 1. The van der Waals surface area contributed by atoms with Gasteiger partial charge in [0.1, 0.15) is 0 Å². The Morgan fingerprint density at radius 3 is 2.43 bits per heavy atom. The highest BCUT2D eigenvalue weighted by Crippen LogP contribution is 2.14. The van der Waals surface area contributed by atoms with E-state index in [2.05, 4.69) is 0 Å². The van der Waals surface area contributed by atoms with Gasteiger partial charge in [0.2, 0.25) is 0 Å². The second-order valence-corrected chi connectivity index (χ2v) is 5.98. The molecule has 0 aliphatic heterocycles. The molecule has 6 heteroatoms. The van der Waals surface area contributed by atoms with Gasteiger partial charge < -0.3 is 0 Å². The smallest absolute Gasteiger partial charge is 0.269 e. The van der Waals surface area contributed by atoms with Crippen LogP contribution in [0.2, 0.25) is 0 Å². The Hall–Kier alpha value is -2.34. The zero-order chi connectivity index (χ0) is 15.4. The molecule has 0 saturated carbocycles. The first-order valence-electron chi connectivity index (χ1n) is 6.20. The Balaban J connectivity index is 2.10. The van der Waals surface area contributed by atoms with Crippen molar-refractivity contribution in [1.82, 2.24) is 0 Å². The molecule has 0 radical (unpaired) electrons. The normalized spacial score (nSPS) is 11.9. The molecule has 0 fully saturated rings. The molecular formula is C15H13NO4S. The van der Waals surface area contributed by atoms with Gasteiger partial charge in [0, 0.05) is 22.6 Å². The van der Waals surface area contributed by atoms with Gasteiger partial charge in [-0.3, -0.25) is 19.1 Å². The zero-order valence-electron chi connectivity index (χ0n) is 11.3. The third-order valence-corrected chi connectivity index (χ3v) is 4.22. The fraction of sp³-hybridized carbons (Fsp3) is 0.133. The summed E-state index contributed by atoms with van der Waals surface area (Å²) in [6.45, 7) is 1.89. The van der Waals surface area contributed by atoms with E-state index < -0.39 is 15.7 Å². The largest absolute Gasteiger partial charge is 0.293 e. The van der Waals surface area contributed by atoms with Crippen molar-refractivity contribution < 1.29 is 13.9 Å². The van der Waals surface area contributed by atoms with Crippen LogP contribution in [0.4, 0.5) is 5.69 Å². The number of nitro benzene ring substituents is 1.